The zero-order valence-corrected chi connectivity index (χ0v) is 14.4. The van der Waals surface area contributed by atoms with Crippen molar-refractivity contribution < 1.29 is 4.39 Å². The van der Waals surface area contributed by atoms with E-state index in [2.05, 4.69) is 25.2 Å². The Labute approximate surface area is 149 Å². The fourth-order valence-electron chi connectivity index (χ4n) is 3.77. The van der Waals surface area contributed by atoms with Crippen molar-refractivity contribution in [1.29, 1.82) is 0 Å². The second kappa shape index (κ2) is 6.38. The van der Waals surface area contributed by atoms with Gasteiger partial charge in [0.1, 0.15) is 10.8 Å². The minimum atomic E-state index is -0.622. The van der Waals surface area contributed by atoms with E-state index in [0.29, 0.717) is 17.2 Å². The lowest BCUT2D eigenvalue weighted by Gasteiger charge is -2.34. The Balaban J connectivity index is 1.69. The molecule has 1 spiro atoms. The van der Waals surface area contributed by atoms with Crippen molar-refractivity contribution in [3.8, 4) is 11.4 Å². The van der Waals surface area contributed by atoms with Gasteiger partial charge in [0.25, 0.3) is 5.56 Å². The normalized spacial score (nSPS) is 23.4. The highest BCUT2D eigenvalue weighted by Crippen LogP contribution is 2.34. The Morgan fingerprint density at radius 3 is 2.96 bits per heavy atom. The van der Waals surface area contributed by atoms with Gasteiger partial charge < -0.3 is 15.2 Å². The van der Waals surface area contributed by atoms with Crippen molar-refractivity contribution in [3.63, 3.8) is 0 Å². The highest BCUT2D eigenvalue weighted by atomic mass is 35.5. The summed E-state index contributed by atoms with van der Waals surface area (Å²) in [5.41, 5.74) is 0.123. The van der Waals surface area contributed by atoms with Crippen molar-refractivity contribution in [2.24, 2.45) is 0 Å². The second-order valence-electron chi connectivity index (χ2n) is 6.76. The van der Waals surface area contributed by atoms with Crippen LogP contribution in [0.15, 0.2) is 23.1 Å². The van der Waals surface area contributed by atoms with E-state index in [1.54, 1.807) is 6.07 Å². The number of pyridine rings is 1. The summed E-state index contributed by atoms with van der Waals surface area (Å²) in [7, 11) is 0. The molecule has 2 saturated heterocycles. The minimum absolute atomic E-state index is 0.0751. The van der Waals surface area contributed by atoms with Crippen LogP contribution in [0.2, 0.25) is 5.02 Å². The molecule has 1 unspecified atom stereocenters. The number of anilines is 1. The lowest BCUT2D eigenvalue weighted by Crippen LogP contribution is -2.50. The topological polar surface area (TPSA) is 73.9 Å². The number of nitrogens with one attached hydrogen (secondary N) is 2. The van der Waals surface area contributed by atoms with Crippen molar-refractivity contribution >= 4 is 17.4 Å². The standard InChI is InChI=1S/C17H19ClFN5O/c18-13-15(24-8-5-17(10-24)4-1-2-6-21-17)22-14(23-16(13)25)11-3-7-20-12(19)9-11/h3,7,9,21H,1-2,4-6,8,10H2,(H,22,23,25). The number of aromatic amines is 1. The Kier molecular flexibility index (Phi) is 4.21. The van der Waals surface area contributed by atoms with Gasteiger partial charge in [0.2, 0.25) is 5.95 Å². The highest BCUT2D eigenvalue weighted by Gasteiger charge is 2.40. The SMILES string of the molecule is O=c1[nH]c(-c2ccnc(F)c2)nc(N2CCC3(CCCCN3)C2)c1Cl. The van der Waals surface area contributed by atoms with E-state index < -0.39 is 11.5 Å². The van der Waals surface area contributed by atoms with E-state index in [1.807, 2.05) is 0 Å². The molecule has 8 heteroatoms. The predicted molar refractivity (Wildman–Crippen MR) is 94.5 cm³/mol. The van der Waals surface area contributed by atoms with E-state index in [9.17, 15) is 9.18 Å². The van der Waals surface area contributed by atoms with Crippen LogP contribution in [-0.4, -0.2) is 40.1 Å². The third-order valence-corrected chi connectivity index (χ3v) is 5.42. The Bertz CT molecular complexity index is 849. The molecular weight excluding hydrogens is 345 g/mol. The molecule has 0 radical (unpaired) electrons. The number of hydrogen-bond donors (Lipinski definition) is 2. The molecule has 1 atom stereocenters. The first-order chi connectivity index (χ1) is 12.1. The molecule has 0 aromatic carbocycles. The van der Waals surface area contributed by atoms with Crippen LogP contribution in [0.25, 0.3) is 11.4 Å². The fourth-order valence-corrected chi connectivity index (χ4v) is 3.98. The summed E-state index contributed by atoms with van der Waals surface area (Å²) in [6, 6.07) is 2.84. The van der Waals surface area contributed by atoms with Gasteiger partial charge in [-0.05, 0) is 31.9 Å². The van der Waals surface area contributed by atoms with Crippen LogP contribution < -0.4 is 15.8 Å². The molecular formula is C17H19ClFN5O. The number of halogens is 2. The molecule has 0 bridgehead atoms. The smallest absolute Gasteiger partial charge is 0.272 e. The van der Waals surface area contributed by atoms with E-state index in [4.69, 9.17) is 11.6 Å². The van der Waals surface area contributed by atoms with Crippen molar-refractivity contribution in [2.45, 2.75) is 31.2 Å². The number of aromatic nitrogens is 3. The van der Waals surface area contributed by atoms with Gasteiger partial charge >= 0.3 is 0 Å². The highest BCUT2D eigenvalue weighted by molar-refractivity contribution is 6.32. The zero-order chi connectivity index (χ0) is 17.4. The Morgan fingerprint density at radius 1 is 1.32 bits per heavy atom. The summed E-state index contributed by atoms with van der Waals surface area (Å²) >= 11 is 6.24. The van der Waals surface area contributed by atoms with Gasteiger partial charge in [-0.25, -0.2) is 9.97 Å². The first-order valence-corrected chi connectivity index (χ1v) is 8.86. The van der Waals surface area contributed by atoms with Gasteiger partial charge in [-0.2, -0.15) is 4.39 Å². The lowest BCUT2D eigenvalue weighted by molar-refractivity contribution is 0.280. The second-order valence-corrected chi connectivity index (χ2v) is 7.13. The molecule has 2 aromatic heterocycles. The van der Waals surface area contributed by atoms with Crippen LogP contribution in [0.3, 0.4) is 0 Å². The fraction of sp³-hybridized carbons (Fsp3) is 0.471. The van der Waals surface area contributed by atoms with Crippen LogP contribution in [0.1, 0.15) is 25.7 Å². The van der Waals surface area contributed by atoms with Crippen LogP contribution in [0.5, 0.6) is 0 Å². The molecule has 2 aliphatic rings. The summed E-state index contributed by atoms with van der Waals surface area (Å²) in [5, 5.41) is 3.70. The van der Waals surface area contributed by atoms with Crippen molar-refractivity contribution in [2.75, 3.05) is 24.5 Å². The summed E-state index contributed by atoms with van der Waals surface area (Å²) in [5.74, 6) is 0.133. The van der Waals surface area contributed by atoms with Crippen molar-refractivity contribution in [3.05, 3.63) is 39.7 Å². The molecule has 0 saturated carbocycles. The van der Waals surface area contributed by atoms with Gasteiger partial charge in [-0.1, -0.05) is 18.0 Å². The summed E-state index contributed by atoms with van der Waals surface area (Å²) < 4.78 is 13.4. The summed E-state index contributed by atoms with van der Waals surface area (Å²) in [6.45, 7) is 2.58. The number of hydrogen-bond acceptors (Lipinski definition) is 5. The molecule has 2 aromatic rings. The van der Waals surface area contributed by atoms with Crippen molar-refractivity contribution in [1.82, 2.24) is 20.3 Å². The molecule has 2 aliphatic heterocycles. The number of H-pyrrole nitrogens is 1. The lowest BCUT2D eigenvalue weighted by atomic mass is 9.88. The molecule has 132 valence electrons. The first kappa shape index (κ1) is 16.5. The average Bonchev–Trinajstić information content (AvgIpc) is 3.01. The number of nitrogens with zero attached hydrogens (tertiary/aromatic N) is 3. The van der Waals surface area contributed by atoms with Crippen LogP contribution in [0, 0.1) is 5.95 Å². The third kappa shape index (κ3) is 3.14. The van der Waals surface area contributed by atoms with Crippen LogP contribution in [0.4, 0.5) is 10.2 Å². The molecule has 0 amide bonds. The molecule has 4 rings (SSSR count). The van der Waals surface area contributed by atoms with E-state index in [-0.39, 0.29) is 10.6 Å². The zero-order valence-electron chi connectivity index (χ0n) is 13.7. The Morgan fingerprint density at radius 2 is 2.20 bits per heavy atom. The van der Waals surface area contributed by atoms with E-state index in [0.717, 1.165) is 32.5 Å². The molecule has 0 aliphatic carbocycles. The van der Waals surface area contributed by atoms with Crippen LogP contribution >= 0.6 is 11.6 Å². The molecule has 2 fully saturated rings. The minimum Gasteiger partial charge on any atom is -0.353 e. The number of piperidine rings is 1. The Hall–Kier alpha value is -1.99. The van der Waals surface area contributed by atoms with Gasteiger partial charge in [0.15, 0.2) is 5.82 Å². The largest absolute Gasteiger partial charge is 0.353 e. The van der Waals surface area contributed by atoms with Gasteiger partial charge in [0, 0.05) is 36.5 Å². The van der Waals surface area contributed by atoms with E-state index >= 15 is 0 Å². The monoisotopic (exact) mass is 363 g/mol. The van der Waals surface area contributed by atoms with Gasteiger partial charge in [0.05, 0.1) is 0 Å². The molecule has 6 nitrogen and oxygen atoms in total. The first-order valence-electron chi connectivity index (χ1n) is 8.48. The maximum absolute atomic E-state index is 13.4. The van der Waals surface area contributed by atoms with Crippen LogP contribution in [-0.2, 0) is 0 Å². The van der Waals surface area contributed by atoms with Gasteiger partial charge in [-0.3, -0.25) is 4.79 Å². The summed E-state index contributed by atoms with van der Waals surface area (Å²) in [4.78, 5) is 25.0. The quantitative estimate of drug-likeness (QED) is 0.801. The molecule has 2 N–H and O–H groups in total. The predicted octanol–water partition coefficient (Wildman–Crippen LogP) is 2.35. The van der Waals surface area contributed by atoms with E-state index in [1.165, 1.54) is 25.1 Å². The number of rotatable bonds is 2. The average molecular weight is 364 g/mol. The molecule has 4 heterocycles. The maximum Gasteiger partial charge on any atom is 0.272 e. The van der Waals surface area contributed by atoms with Gasteiger partial charge in [-0.15, -0.1) is 0 Å². The third-order valence-electron chi connectivity index (χ3n) is 5.08. The maximum atomic E-state index is 13.4. The summed E-state index contributed by atoms with van der Waals surface area (Å²) in [6.07, 6.45) is 5.86. The molecule has 25 heavy (non-hydrogen) atoms.